The van der Waals surface area contributed by atoms with E-state index in [-0.39, 0.29) is 30.3 Å². The molecule has 1 aromatic carbocycles. The molecule has 0 saturated heterocycles. The van der Waals surface area contributed by atoms with Crippen LogP contribution in [0.4, 0.5) is 8.78 Å². The molecule has 0 aromatic heterocycles. The van der Waals surface area contributed by atoms with Gasteiger partial charge in [0.25, 0.3) is 5.91 Å². The van der Waals surface area contributed by atoms with Crippen LogP contribution in [0, 0.1) is 0 Å². The molecule has 2 N–H and O–H groups in total. The second-order valence-electron chi connectivity index (χ2n) is 4.90. The molecule has 1 unspecified atom stereocenters. The molecule has 0 aliphatic rings. The minimum Gasteiger partial charge on any atom is -0.480 e. The van der Waals surface area contributed by atoms with Crippen molar-refractivity contribution < 1.29 is 33.0 Å². The van der Waals surface area contributed by atoms with Crippen molar-refractivity contribution in [2.45, 2.75) is 26.5 Å². The highest BCUT2D eigenvalue weighted by Gasteiger charge is 2.26. The van der Waals surface area contributed by atoms with Gasteiger partial charge in [0, 0.05) is 25.6 Å². The summed E-state index contributed by atoms with van der Waals surface area (Å²) in [7, 11) is 0. The lowest BCUT2D eigenvalue weighted by atomic mass is 10.1. The van der Waals surface area contributed by atoms with Crippen LogP contribution in [0.3, 0.4) is 0 Å². The maximum atomic E-state index is 12.5. The predicted molar refractivity (Wildman–Crippen MR) is 79.9 cm³/mol. The third-order valence-electron chi connectivity index (χ3n) is 3.12. The van der Waals surface area contributed by atoms with E-state index in [1.807, 2.05) is 0 Å². The van der Waals surface area contributed by atoms with Crippen LogP contribution in [0.15, 0.2) is 24.3 Å². The van der Waals surface area contributed by atoms with E-state index < -0.39 is 24.5 Å². The first-order chi connectivity index (χ1) is 11.2. The topological polar surface area (TPSA) is 95.9 Å². The number of amides is 2. The van der Waals surface area contributed by atoms with Gasteiger partial charge in [0.1, 0.15) is 11.8 Å². The van der Waals surface area contributed by atoms with Crippen molar-refractivity contribution in [1.29, 1.82) is 0 Å². The van der Waals surface area contributed by atoms with Crippen LogP contribution in [-0.4, -0.2) is 53.5 Å². The summed E-state index contributed by atoms with van der Waals surface area (Å²) in [5, 5.41) is 11.6. The van der Waals surface area contributed by atoms with Crippen molar-refractivity contribution in [1.82, 2.24) is 10.2 Å². The molecule has 0 heterocycles. The molecule has 0 saturated carbocycles. The van der Waals surface area contributed by atoms with E-state index in [4.69, 9.17) is 5.11 Å². The fraction of sp³-hybridized carbons (Fsp3) is 0.400. The number of carboxylic acids is 1. The molecule has 0 spiro atoms. The second kappa shape index (κ2) is 8.80. The molecular formula is C15H18F2N2O5. The monoisotopic (exact) mass is 344 g/mol. The summed E-state index contributed by atoms with van der Waals surface area (Å²) < 4.78 is 28.7. The summed E-state index contributed by atoms with van der Waals surface area (Å²) in [5.41, 5.74) is 0.00377. The van der Waals surface area contributed by atoms with Crippen LogP contribution < -0.4 is 10.1 Å². The summed E-state index contributed by atoms with van der Waals surface area (Å²) in [6.07, 6.45) is 0. The van der Waals surface area contributed by atoms with Gasteiger partial charge in [0.15, 0.2) is 0 Å². The highest BCUT2D eigenvalue weighted by Crippen LogP contribution is 2.18. The molecule has 1 atom stereocenters. The first-order valence-corrected chi connectivity index (χ1v) is 7.05. The van der Waals surface area contributed by atoms with Gasteiger partial charge in [-0.2, -0.15) is 8.78 Å². The van der Waals surface area contributed by atoms with Gasteiger partial charge in [0.05, 0.1) is 0 Å². The van der Waals surface area contributed by atoms with Crippen LogP contribution >= 0.6 is 0 Å². The maximum absolute atomic E-state index is 12.5. The number of aliphatic carboxylic acids is 1. The lowest BCUT2D eigenvalue weighted by molar-refractivity contribution is -0.141. The van der Waals surface area contributed by atoms with Crippen molar-refractivity contribution in [2.24, 2.45) is 0 Å². The van der Waals surface area contributed by atoms with Crippen molar-refractivity contribution >= 4 is 17.8 Å². The Kier molecular flexibility index (Phi) is 7.09. The molecule has 7 nitrogen and oxygen atoms in total. The molecule has 0 fully saturated rings. The van der Waals surface area contributed by atoms with E-state index in [1.54, 1.807) is 0 Å². The first-order valence-electron chi connectivity index (χ1n) is 7.05. The number of hydrogen-bond acceptors (Lipinski definition) is 4. The van der Waals surface area contributed by atoms with Crippen LogP contribution in [0.1, 0.15) is 24.2 Å². The Labute approximate surface area is 137 Å². The Morgan fingerprint density at radius 3 is 2.54 bits per heavy atom. The fourth-order valence-electron chi connectivity index (χ4n) is 1.93. The number of carbonyl (C=O) groups is 3. The lowest BCUT2D eigenvalue weighted by Gasteiger charge is -2.26. The molecule has 132 valence electrons. The molecule has 2 amide bonds. The Hall–Kier alpha value is -2.71. The van der Waals surface area contributed by atoms with E-state index in [2.05, 4.69) is 10.1 Å². The van der Waals surface area contributed by atoms with Gasteiger partial charge in [-0.15, -0.1) is 0 Å². The van der Waals surface area contributed by atoms with Gasteiger partial charge in [-0.25, -0.2) is 4.79 Å². The van der Waals surface area contributed by atoms with E-state index in [0.717, 1.165) is 11.0 Å². The second-order valence-corrected chi connectivity index (χ2v) is 4.90. The average molecular weight is 344 g/mol. The largest absolute Gasteiger partial charge is 0.480 e. The number of hydrogen-bond donors (Lipinski definition) is 2. The summed E-state index contributed by atoms with van der Waals surface area (Å²) >= 11 is 0. The maximum Gasteiger partial charge on any atom is 0.387 e. The molecule has 0 radical (unpaired) electrons. The third-order valence-corrected chi connectivity index (χ3v) is 3.12. The van der Waals surface area contributed by atoms with Crippen molar-refractivity contribution in [3.05, 3.63) is 29.8 Å². The minimum atomic E-state index is -3.04. The number of carboxylic acid groups (broad SMARTS) is 1. The summed E-state index contributed by atoms with van der Waals surface area (Å²) in [6.45, 7) is -0.424. The van der Waals surface area contributed by atoms with Gasteiger partial charge in [-0.05, 0) is 25.1 Å². The number of halogens is 2. The number of alkyl halides is 2. The van der Waals surface area contributed by atoms with Crippen molar-refractivity contribution in [2.75, 3.05) is 13.1 Å². The molecule has 1 rings (SSSR count). The number of benzene rings is 1. The summed E-state index contributed by atoms with van der Waals surface area (Å²) in [5.74, 6) is -2.43. The number of rotatable bonds is 8. The lowest BCUT2D eigenvalue weighted by Crippen LogP contribution is -2.46. The fourth-order valence-corrected chi connectivity index (χ4v) is 1.93. The Bertz CT molecular complexity index is 609. The van der Waals surface area contributed by atoms with Gasteiger partial charge < -0.3 is 20.1 Å². The number of nitrogens with zero attached hydrogens (tertiary/aromatic N) is 1. The van der Waals surface area contributed by atoms with Gasteiger partial charge >= 0.3 is 12.6 Å². The molecule has 1 aromatic rings. The van der Waals surface area contributed by atoms with Gasteiger partial charge in [-0.1, -0.05) is 6.07 Å². The Morgan fingerprint density at radius 2 is 2.00 bits per heavy atom. The van der Waals surface area contributed by atoms with Crippen LogP contribution in [0.25, 0.3) is 0 Å². The highest BCUT2D eigenvalue weighted by atomic mass is 19.3. The molecule has 9 heteroatoms. The molecule has 0 aliphatic heterocycles. The standard InChI is InChI=1S/C15H18F2N2O5/c1-9(14(22)23)19(7-6-18-10(2)20)13(21)11-4-3-5-12(8-11)24-15(16)17/h3-5,8-9,15H,6-7H2,1-2H3,(H,18,20)(H,22,23). The Balaban J connectivity index is 2.97. The van der Waals surface area contributed by atoms with Crippen LogP contribution in [-0.2, 0) is 9.59 Å². The number of carbonyl (C=O) groups excluding carboxylic acids is 2. The zero-order valence-corrected chi connectivity index (χ0v) is 13.2. The van der Waals surface area contributed by atoms with Crippen molar-refractivity contribution in [3.8, 4) is 5.75 Å². The SMILES string of the molecule is CC(=O)NCCN(C(=O)c1cccc(OC(F)F)c1)C(C)C(=O)O. The number of nitrogens with one attached hydrogen (secondary N) is 1. The third kappa shape index (κ3) is 5.82. The quantitative estimate of drug-likeness (QED) is 0.742. The van der Waals surface area contributed by atoms with E-state index >= 15 is 0 Å². The summed E-state index contributed by atoms with van der Waals surface area (Å²) in [4.78, 5) is 35.6. The van der Waals surface area contributed by atoms with Gasteiger partial charge in [-0.3, -0.25) is 9.59 Å². The first kappa shape index (κ1) is 19.3. The average Bonchev–Trinajstić information content (AvgIpc) is 2.49. The number of ether oxygens (including phenoxy) is 1. The molecule has 0 bridgehead atoms. The smallest absolute Gasteiger partial charge is 0.387 e. The van der Waals surface area contributed by atoms with E-state index in [1.165, 1.54) is 32.0 Å². The summed E-state index contributed by atoms with van der Waals surface area (Å²) in [6, 6.07) is 3.91. The molecular weight excluding hydrogens is 326 g/mol. The van der Waals surface area contributed by atoms with E-state index in [0.29, 0.717) is 0 Å². The van der Waals surface area contributed by atoms with Crippen LogP contribution in [0.2, 0.25) is 0 Å². The highest BCUT2D eigenvalue weighted by molar-refractivity contribution is 5.96. The van der Waals surface area contributed by atoms with Crippen molar-refractivity contribution in [3.63, 3.8) is 0 Å². The van der Waals surface area contributed by atoms with Gasteiger partial charge in [0.2, 0.25) is 5.91 Å². The zero-order valence-electron chi connectivity index (χ0n) is 13.2. The van der Waals surface area contributed by atoms with Crippen LogP contribution in [0.5, 0.6) is 5.75 Å². The minimum absolute atomic E-state index is 0.00377. The van der Waals surface area contributed by atoms with E-state index in [9.17, 15) is 23.2 Å². The molecule has 24 heavy (non-hydrogen) atoms. The Morgan fingerprint density at radius 1 is 1.33 bits per heavy atom. The molecule has 0 aliphatic carbocycles. The predicted octanol–water partition coefficient (Wildman–Crippen LogP) is 1.34. The normalized spacial score (nSPS) is 11.7. The zero-order chi connectivity index (χ0) is 18.3.